The molecule has 1 aliphatic carbocycles. The molecule has 2 N–H and O–H groups in total. The fraction of sp³-hybridized carbons (Fsp3) is 0.276. The highest BCUT2D eigenvalue weighted by atomic mass is 35.5. The number of methoxy groups -OCH3 is 1. The van der Waals surface area contributed by atoms with Crippen molar-refractivity contribution in [3.05, 3.63) is 77.2 Å². The molecule has 2 amide bonds. The number of likely N-dealkylation sites (tertiary alicyclic amines) is 1. The zero-order chi connectivity index (χ0) is 26.4. The lowest BCUT2D eigenvalue weighted by atomic mass is 10.1. The predicted octanol–water partition coefficient (Wildman–Crippen LogP) is 3.90. The second-order valence-electron chi connectivity index (χ2n) is 9.64. The molecule has 3 aromatic rings. The van der Waals surface area contributed by atoms with Crippen LogP contribution in [0, 0.1) is 17.8 Å². The fourth-order valence-electron chi connectivity index (χ4n) is 5.64. The van der Waals surface area contributed by atoms with E-state index in [1.807, 2.05) is 33.8 Å². The van der Waals surface area contributed by atoms with Gasteiger partial charge in [0.05, 0.1) is 40.3 Å². The molecule has 2 fully saturated rings. The standard InChI is InChI=1S/C29H26ClN5O3/c1-3-26(36)34-14-10-19-16-29(19,34)11-7-18-17-31-12-8-20(18)25-15-21-24(9-13-32-28(21)37)35(25)33-23-6-4-5-22(30)27(23)38-2/h3-6,8,12,15,17,19,33H,1,9-10,13-14,16H2,2H3,(H,32,37)/t19-,29+/m0/s1. The van der Waals surface area contributed by atoms with Crippen LogP contribution in [-0.2, 0) is 11.2 Å². The number of rotatable bonds is 5. The molecule has 38 heavy (non-hydrogen) atoms. The molecule has 4 heterocycles. The van der Waals surface area contributed by atoms with Gasteiger partial charge in [-0.15, -0.1) is 0 Å². The third-order valence-electron chi connectivity index (χ3n) is 7.61. The number of fused-ring (bicyclic) bond motifs is 2. The van der Waals surface area contributed by atoms with Gasteiger partial charge in [-0.25, -0.2) is 0 Å². The lowest BCUT2D eigenvalue weighted by Gasteiger charge is -2.22. The van der Waals surface area contributed by atoms with Gasteiger partial charge >= 0.3 is 0 Å². The SMILES string of the molecule is C=CC(=O)N1CC[C@H]2C[C@]21C#Cc1cnccc1-c1cc2c(n1Nc1cccc(Cl)c1OC)CCNC2=O. The highest BCUT2D eigenvalue weighted by Gasteiger charge is 2.62. The quantitative estimate of drug-likeness (QED) is 0.388. The molecule has 3 aliphatic rings. The number of halogens is 1. The number of nitrogens with one attached hydrogen (secondary N) is 2. The average molecular weight is 528 g/mol. The number of anilines is 1. The molecule has 2 aromatic heterocycles. The van der Waals surface area contributed by atoms with Crippen LogP contribution in [0.1, 0.15) is 34.5 Å². The third kappa shape index (κ3) is 3.82. The molecule has 1 saturated heterocycles. The third-order valence-corrected chi connectivity index (χ3v) is 7.90. The molecule has 9 heteroatoms. The van der Waals surface area contributed by atoms with Crippen LogP contribution in [0.5, 0.6) is 5.75 Å². The van der Waals surface area contributed by atoms with Gasteiger partial charge in [0.2, 0.25) is 5.91 Å². The number of amides is 2. The summed E-state index contributed by atoms with van der Waals surface area (Å²) in [6, 6.07) is 9.22. The van der Waals surface area contributed by atoms with Crippen molar-refractivity contribution in [2.45, 2.75) is 24.8 Å². The van der Waals surface area contributed by atoms with Crippen molar-refractivity contribution in [3.8, 4) is 28.8 Å². The first-order chi connectivity index (χ1) is 18.5. The number of hydrogen-bond donors (Lipinski definition) is 2. The minimum atomic E-state index is -0.439. The first-order valence-corrected chi connectivity index (χ1v) is 12.9. The summed E-state index contributed by atoms with van der Waals surface area (Å²) in [4.78, 5) is 31.4. The molecule has 6 rings (SSSR count). The maximum absolute atomic E-state index is 12.8. The van der Waals surface area contributed by atoms with Gasteiger partial charge in [-0.3, -0.25) is 24.7 Å². The summed E-state index contributed by atoms with van der Waals surface area (Å²) >= 11 is 6.38. The van der Waals surface area contributed by atoms with Crippen molar-refractivity contribution in [1.82, 2.24) is 19.9 Å². The summed E-state index contributed by atoms with van der Waals surface area (Å²) in [5, 5.41) is 3.40. The zero-order valence-corrected chi connectivity index (χ0v) is 21.6. The second kappa shape index (κ2) is 9.26. The number of carbonyl (C=O) groups excluding carboxylic acids is 2. The Morgan fingerprint density at radius 3 is 3.03 bits per heavy atom. The van der Waals surface area contributed by atoms with E-state index in [-0.39, 0.29) is 11.8 Å². The van der Waals surface area contributed by atoms with Crippen LogP contribution in [0.3, 0.4) is 0 Å². The maximum atomic E-state index is 12.8. The Morgan fingerprint density at radius 2 is 2.24 bits per heavy atom. The van der Waals surface area contributed by atoms with Gasteiger partial charge < -0.3 is 15.0 Å². The summed E-state index contributed by atoms with van der Waals surface area (Å²) in [5.41, 5.74) is 7.38. The second-order valence-corrected chi connectivity index (χ2v) is 10.1. The van der Waals surface area contributed by atoms with Crippen molar-refractivity contribution in [2.75, 3.05) is 25.6 Å². The number of para-hydroxylation sites is 1. The molecule has 0 bridgehead atoms. The molecule has 2 aliphatic heterocycles. The lowest BCUT2D eigenvalue weighted by molar-refractivity contribution is -0.126. The Morgan fingerprint density at radius 1 is 1.37 bits per heavy atom. The summed E-state index contributed by atoms with van der Waals surface area (Å²) < 4.78 is 7.46. The Kier molecular flexibility index (Phi) is 5.88. The molecule has 0 spiro atoms. The topological polar surface area (TPSA) is 88.5 Å². The first kappa shape index (κ1) is 24.1. The van der Waals surface area contributed by atoms with Crippen LogP contribution in [-0.4, -0.2) is 52.1 Å². The van der Waals surface area contributed by atoms with Gasteiger partial charge in [-0.1, -0.05) is 36.1 Å². The Labute approximate surface area is 225 Å². The monoisotopic (exact) mass is 527 g/mol. The van der Waals surface area contributed by atoms with Crippen molar-refractivity contribution < 1.29 is 14.3 Å². The largest absolute Gasteiger partial charge is 0.493 e. The summed E-state index contributed by atoms with van der Waals surface area (Å²) in [7, 11) is 1.57. The number of aromatic nitrogens is 2. The van der Waals surface area contributed by atoms with Crippen molar-refractivity contribution in [3.63, 3.8) is 0 Å². The van der Waals surface area contributed by atoms with Gasteiger partial charge in [-0.05, 0) is 49.1 Å². The highest BCUT2D eigenvalue weighted by Crippen LogP contribution is 2.55. The summed E-state index contributed by atoms with van der Waals surface area (Å²) in [5.74, 6) is 7.42. The molecule has 8 nitrogen and oxygen atoms in total. The smallest absolute Gasteiger partial charge is 0.253 e. The maximum Gasteiger partial charge on any atom is 0.253 e. The Hall–Kier alpha value is -4.22. The van der Waals surface area contributed by atoms with Crippen LogP contribution < -0.4 is 15.5 Å². The van der Waals surface area contributed by atoms with Gasteiger partial charge in [0.15, 0.2) is 5.75 Å². The van der Waals surface area contributed by atoms with E-state index in [1.54, 1.807) is 25.6 Å². The number of carbonyl (C=O) groups is 2. The van der Waals surface area contributed by atoms with E-state index < -0.39 is 5.54 Å². The average Bonchev–Trinajstić information content (AvgIpc) is 3.33. The molecule has 1 aromatic carbocycles. The number of hydrogen-bond acceptors (Lipinski definition) is 5. The molecular formula is C29H26ClN5O3. The number of benzene rings is 1. The van der Waals surface area contributed by atoms with Crippen LogP contribution in [0.25, 0.3) is 11.3 Å². The Bertz CT molecular complexity index is 1550. The van der Waals surface area contributed by atoms with Crippen LogP contribution in [0.4, 0.5) is 5.69 Å². The van der Waals surface area contributed by atoms with Crippen LogP contribution >= 0.6 is 11.6 Å². The first-order valence-electron chi connectivity index (χ1n) is 12.5. The van der Waals surface area contributed by atoms with E-state index in [0.29, 0.717) is 53.0 Å². The van der Waals surface area contributed by atoms with Crippen molar-refractivity contribution in [2.24, 2.45) is 5.92 Å². The van der Waals surface area contributed by atoms with Gasteiger partial charge in [0.1, 0.15) is 5.54 Å². The highest BCUT2D eigenvalue weighted by molar-refractivity contribution is 6.32. The van der Waals surface area contributed by atoms with Crippen molar-refractivity contribution in [1.29, 1.82) is 0 Å². The molecular weight excluding hydrogens is 502 g/mol. The van der Waals surface area contributed by atoms with Crippen LogP contribution in [0.15, 0.2) is 55.4 Å². The zero-order valence-electron chi connectivity index (χ0n) is 20.9. The minimum Gasteiger partial charge on any atom is -0.493 e. The summed E-state index contributed by atoms with van der Waals surface area (Å²) in [6.45, 7) is 4.88. The van der Waals surface area contributed by atoms with E-state index in [2.05, 4.69) is 34.1 Å². The predicted molar refractivity (Wildman–Crippen MR) is 145 cm³/mol. The van der Waals surface area contributed by atoms with Crippen molar-refractivity contribution >= 4 is 29.1 Å². The van der Waals surface area contributed by atoms with E-state index in [4.69, 9.17) is 16.3 Å². The van der Waals surface area contributed by atoms with Crippen LogP contribution in [0.2, 0.25) is 5.02 Å². The van der Waals surface area contributed by atoms with E-state index in [1.165, 1.54) is 6.08 Å². The fourth-order valence-corrected chi connectivity index (χ4v) is 5.89. The van der Waals surface area contributed by atoms with Gasteiger partial charge in [-0.2, -0.15) is 0 Å². The van der Waals surface area contributed by atoms with E-state index >= 15 is 0 Å². The minimum absolute atomic E-state index is 0.0852. The summed E-state index contributed by atoms with van der Waals surface area (Å²) in [6.07, 6.45) is 7.25. The molecule has 2 atom stereocenters. The molecule has 0 radical (unpaired) electrons. The number of ether oxygens (including phenoxy) is 1. The normalized spacial score (nSPS) is 20.9. The number of nitrogens with zero attached hydrogens (tertiary/aromatic N) is 3. The molecule has 1 saturated carbocycles. The van der Waals surface area contributed by atoms with Gasteiger partial charge in [0.25, 0.3) is 5.91 Å². The van der Waals surface area contributed by atoms with E-state index in [0.717, 1.165) is 29.8 Å². The molecule has 192 valence electrons. The number of piperidine rings is 1. The van der Waals surface area contributed by atoms with Gasteiger partial charge in [0, 0.05) is 37.5 Å². The Balaban J connectivity index is 1.46. The molecule has 0 unspecified atom stereocenters. The number of pyridine rings is 1. The lowest BCUT2D eigenvalue weighted by Crippen LogP contribution is -2.38. The van der Waals surface area contributed by atoms with E-state index in [9.17, 15) is 9.59 Å².